The van der Waals surface area contributed by atoms with Crippen molar-refractivity contribution >= 4 is 11.8 Å². The molecule has 0 radical (unpaired) electrons. The zero-order valence-electron chi connectivity index (χ0n) is 10.1. The molecule has 0 bridgehead atoms. The number of hydrogen-bond acceptors (Lipinski definition) is 2. The van der Waals surface area contributed by atoms with Crippen LogP contribution in [0.1, 0.15) is 11.1 Å². The summed E-state index contributed by atoms with van der Waals surface area (Å²) in [7, 11) is 0. The molecule has 0 heterocycles. The topological polar surface area (TPSA) is 26.0 Å². The molecule has 0 saturated heterocycles. The van der Waals surface area contributed by atoms with Gasteiger partial charge in [-0.25, -0.2) is 0 Å². The summed E-state index contributed by atoms with van der Waals surface area (Å²) in [6.07, 6.45) is 0. The van der Waals surface area contributed by atoms with Gasteiger partial charge in [0.15, 0.2) is 0 Å². The molecule has 2 aromatic carbocycles. The van der Waals surface area contributed by atoms with E-state index in [4.69, 9.17) is 5.73 Å². The molecule has 0 unspecified atom stereocenters. The van der Waals surface area contributed by atoms with E-state index in [1.807, 2.05) is 30.0 Å². The van der Waals surface area contributed by atoms with Gasteiger partial charge in [-0.3, -0.25) is 0 Å². The molecule has 0 aliphatic carbocycles. The van der Waals surface area contributed by atoms with Crippen LogP contribution in [-0.2, 0) is 5.75 Å². The quantitative estimate of drug-likeness (QED) is 0.671. The molecule has 1 nitrogen and oxygen atoms in total. The lowest BCUT2D eigenvalue weighted by Gasteiger charge is -2.02. The van der Waals surface area contributed by atoms with Gasteiger partial charge in [-0.1, -0.05) is 42.2 Å². The molecule has 2 aromatic rings. The predicted molar refractivity (Wildman–Crippen MR) is 78.4 cm³/mol. The average Bonchev–Trinajstić information content (AvgIpc) is 2.44. The molecule has 18 heavy (non-hydrogen) atoms. The van der Waals surface area contributed by atoms with Crippen molar-refractivity contribution in [3.05, 3.63) is 65.7 Å². The molecule has 0 aromatic heterocycles. The Hall–Kier alpha value is -1.69. The summed E-state index contributed by atoms with van der Waals surface area (Å²) in [5.41, 5.74) is 7.69. The van der Waals surface area contributed by atoms with Crippen LogP contribution in [-0.4, -0.2) is 6.54 Å². The van der Waals surface area contributed by atoms with Crippen LogP contribution in [0, 0.1) is 11.8 Å². The summed E-state index contributed by atoms with van der Waals surface area (Å²) in [5.74, 6) is 6.90. The second-order valence-corrected chi connectivity index (χ2v) is 4.86. The van der Waals surface area contributed by atoms with E-state index in [1.165, 1.54) is 10.5 Å². The molecule has 0 aliphatic rings. The number of nitrogens with two attached hydrogens (primary N) is 1. The van der Waals surface area contributed by atoms with Gasteiger partial charge in [-0.15, -0.1) is 11.8 Å². The molecule has 0 saturated carbocycles. The van der Waals surface area contributed by atoms with Gasteiger partial charge in [0.05, 0.1) is 6.54 Å². The van der Waals surface area contributed by atoms with Crippen molar-refractivity contribution in [1.82, 2.24) is 0 Å². The Morgan fingerprint density at radius 3 is 2.61 bits per heavy atom. The van der Waals surface area contributed by atoms with Gasteiger partial charge in [-0.05, 0) is 29.8 Å². The maximum absolute atomic E-state index is 5.37. The highest BCUT2D eigenvalue weighted by atomic mass is 32.2. The summed E-state index contributed by atoms with van der Waals surface area (Å²) < 4.78 is 0. The van der Waals surface area contributed by atoms with Crippen LogP contribution in [0.15, 0.2) is 59.5 Å². The smallest absolute Gasteiger partial charge is 0.0555 e. The molecular formula is C16H15NS. The van der Waals surface area contributed by atoms with Crippen LogP contribution in [0.5, 0.6) is 0 Å². The molecule has 0 aliphatic heterocycles. The number of rotatable bonds is 3. The first kappa shape index (κ1) is 12.8. The molecule has 0 atom stereocenters. The third kappa shape index (κ3) is 3.96. The molecule has 2 rings (SSSR count). The zero-order valence-corrected chi connectivity index (χ0v) is 10.9. The summed E-state index contributed by atoms with van der Waals surface area (Å²) in [4.78, 5) is 1.29. The van der Waals surface area contributed by atoms with Gasteiger partial charge < -0.3 is 5.73 Å². The second kappa shape index (κ2) is 6.90. The van der Waals surface area contributed by atoms with Gasteiger partial charge in [0.25, 0.3) is 0 Å². The highest BCUT2D eigenvalue weighted by Gasteiger charge is 1.96. The van der Waals surface area contributed by atoms with Crippen molar-refractivity contribution < 1.29 is 0 Å². The Labute approximate surface area is 112 Å². The third-order valence-electron chi connectivity index (χ3n) is 2.41. The minimum Gasteiger partial charge on any atom is -0.320 e. The minimum atomic E-state index is 0.406. The van der Waals surface area contributed by atoms with Crippen molar-refractivity contribution in [2.45, 2.75) is 10.6 Å². The Kier molecular flexibility index (Phi) is 4.89. The zero-order chi connectivity index (χ0) is 12.6. The monoisotopic (exact) mass is 253 g/mol. The SMILES string of the molecule is NCC#Cc1cccc(CSc2ccccc2)c1. The highest BCUT2D eigenvalue weighted by Crippen LogP contribution is 2.22. The normalized spacial score (nSPS) is 9.61. The van der Waals surface area contributed by atoms with Gasteiger partial charge >= 0.3 is 0 Å². The van der Waals surface area contributed by atoms with Crippen LogP contribution in [0.2, 0.25) is 0 Å². The largest absolute Gasteiger partial charge is 0.320 e. The summed E-state index contributed by atoms with van der Waals surface area (Å²) in [6.45, 7) is 0.406. The van der Waals surface area contributed by atoms with Gasteiger partial charge in [0.2, 0.25) is 0 Å². The van der Waals surface area contributed by atoms with Crippen LogP contribution >= 0.6 is 11.8 Å². The van der Waals surface area contributed by atoms with E-state index < -0.39 is 0 Å². The van der Waals surface area contributed by atoms with Crippen molar-refractivity contribution in [3.63, 3.8) is 0 Å². The fourth-order valence-electron chi connectivity index (χ4n) is 1.58. The van der Waals surface area contributed by atoms with E-state index in [9.17, 15) is 0 Å². The Morgan fingerprint density at radius 2 is 1.83 bits per heavy atom. The lowest BCUT2D eigenvalue weighted by Crippen LogP contribution is -1.93. The fraction of sp³-hybridized carbons (Fsp3) is 0.125. The standard InChI is InChI=1S/C16H15NS/c17-11-5-8-14-6-4-7-15(12-14)13-18-16-9-2-1-3-10-16/h1-4,6-7,9-10,12H,11,13,17H2. The van der Waals surface area contributed by atoms with Crippen molar-refractivity contribution in [2.24, 2.45) is 5.73 Å². The van der Waals surface area contributed by atoms with Crippen LogP contribution in [0.3, 0.4) is 0 Å². The van der Waals surface area contributed by atoms with Crippen molar-refractivity contribution in [1.29, 1.82) is 0 Å². The second-order valence-electron chi connectivity index (χ2n) is 3.81. The summed E-state index contributed by atoms with van der Waals surface area (Å²) in [6, 6.07) is 18.7. The Morgan fingerprint density at radius 1 is 1.00 bits per heavy atom. The first-order valence-electron chi connectivity index (χ1n) is 5.84. The van der Waals surface area contributed by atoms with E-state index >= 15 is 0 Å². The lowest BCUT2D eigenvalue weighted by atomic mass is 10.1. The Balaban J connectivity index is 2.01. The van der Waals surface area contributed by atoms with Crippen LogP contribution in [0.4, 0.5) is 0 Å². The Bertz CT molecular complexity index is 552. The minimum absolute atomic E-state index is 0.406. The van der Waals surface area contributed by atoms with E-state index in [0.717, 1.165) is 11.3 Å². The molecule has 2 N–H and O–H groups in total. The van der Waals surface area contributed by atoms with Crippen LogP contribution in [0.25, 0.3) is 0 Å². The fourth-order valence-corrected chi connectivity index (χ4v) is 2.44. The van der Waals surface area contributed by atoms with E-state index in [-0.39, 0.29) is 0 Å². The molecule has 0 amide bonds. The third-order valence-corrected chi connectivity index (χ3v) is 3.49. The van der Waals surface area contributed by atoms with Gasteiger partial charge in [-0.2, -0.15) is 0 Å². The first-order chi connectivity index (χ1) is 8.88. The van der Waals surface area contributed by atoms with Crippen molar-refractivity contribution in [2.75, 3.05) is 6.54 Å². The van der Waals surface area contributed by atoms with Gasteiger partial charge in [0.1, 0.15) is 0 Å². The highest BCUT2D eigenvalue weighted by molar-refractivity contribution is 7.98. The van der Waals surface area contributed by atoms with Crippen LogP contribution < -0.4 is 5.73 Å². The molecule has 90 valence electrons. The number of thioether (sulfide) groups is 1. The van der Waals surface area contributed by atoms with E-state index in [1.54, 1.807) is 0 Å². The molecular weight excluding hydrogens is 238 g/mol. The maximum Gasteiger partial charge on any atom is 0.0555 e. The molecule has 2 heteroatoms. The van der Waals surface area contributed by atoms with E-state index in [2.05, 4.69) is 48.2 Å². The van der Waals surface area contributed by atoms with E-state index in [0.29, 0.717) is 6.54 Å². The van der Waals surface area contributed by atoms with Crippen molar-refractivity contribution in [3.8, 4) is 11.8 Å². The molecule has 0 spiro atoms. The summed E-state index contributed by atoms with van der Waals surface area (Å²) >= 11 is 1.83. The number of benzene rings is 2. The average molecular weight is 253 g/mol. The predicted octanol–water partition coefficient (Wildman–Crippen LogP) is 3.29. The lowest BCUT2D eigenvalue weighted by molar-refractivity contribution is 1.30. The molecule has 0 fully saturated rings. The number of hydrogen-bond donors (Lipinski definition) is 1. The maximum atomic E-state index is 5.37. The first-order valence-corrected chi connectivity index (χ1v) is 6.83. The summed E-state index contributed by atoms with van der Waals surface area (Å²) in [5, 5.41) is 0. The van der Waals surface area contributed by atoms with Gasteiger partial charge in [0, 0.05) is 16.2 Å².